The number of hydrogen-bond donors (Lipinski definition) is 2. The Labute approximate surface area is 149 Å². The van der Waals surface area contributed by atoms with Gasteiger partial charge in [-0.25, -0.2) is 0 Å². The predicted octanol–water partition coefficient (Wildman–Crippen LogP) is 2.97. The topological polar surface area (TPSA) is 73.6 Å². The zero-order chi connectivity index (χ0) is 18.1. The molecular weight excluding hydrogens is 316 g/mol. The summed E-state index contributed by atoms with van der Waals surface area (Å²) in [5, 5.41) is 2.94. The van der Waals surface area contributed by atoms with Crippen LogP contribution in [0.25, 0.3) is 0 Å². The van der Waals surface area contributed by atoms with Crippen molar-refractivity contribution in [2.75, 3.05) is 25.5 Å². The molecule has 0 aliphatic heterocycles. The van der Waals surface area contributed by atoms with Gasteiger partial charge in [0.05, 0.1) is 19.6 Å². The molecular formula is C20H26N2O3. The highest BCUT2D eigenvalue weighted by atomic mass is 16.5. The van der Waals surface area contributed by atoms with Crippen molar-refractivity contribution in [3.63, 3.8) is 0 Å². The third kappa shape index (κ3) is 6.03. The van der Waals surface area contributed by atoms with Crippen LogP contribution < -0.4 is 20.5 Å². The molecule has 0 aliphatic rings. The molecule has 5 nitrogen and oxygen atoms in total. The summed E-state index contributed by atoms with van der Waals surface area (Å²) in [6, 6.07) is 13.3. The van der Waals surface area contributed by atoms with Crippen LogP contribution in [-0.4, -0.2) is 25.7 Å². The first-order chi connectivity index (χ1) is 12.1. The van der Waals surface area contributed by atoms with E-state index in [1.54, 1.807) is 0 Å². The van der Waals surface area contributed by atoms with Crippen LogP contribution in [0, 0.1) is 0 Å². The van der Waals surface area contributed by atoms with Crippen molar-refractivity contribution >= 4 is 11.6 Å². The normalized spacial score (nSPS) is 10.3. The number of carbonyl (C=O) groups is 1. The lowest BCUT2D eigenvalue weighted by atomic mass is 10.1. The Kier molecular flexibility index (Phi) is 7.14. The summed E-state index contributed by atoms with van der Waals surface area (Å²) in [5.41, 5.74) is 8.41. The van der Waals surface area contributed by atoms with Gasteiger partial charge < -0.3 is 20.5 Å². The largest absolute Gasteiger partial charge is 0.490 e. The number of hydrogen-bond acceptors (Lipinski definition) is 4. The Balaban J connectivity index is 1.86. The quantitative estimate of drug-likeness (QED) is 0.687. The zero-order valence-corrected chi connectivity index (χ0v) is 14.9. The number of carbonyl (C=O) groups excluding carboxylic acids is 1. The van der Waals surface area contributed by atoms with Crippen LogP contribution in [0.2, 0.25) is 0 Å². The molecule has 0 saturated carbocycles. The number of anilines is 1. The second kappa shape index (κ2) is 9.57. The molecule has 0 spiro atoms. The van der Waals surface area contributed by atoms with Gasteiger partial charge >= 0.3 is 0 Å². The number of ether oxygens (including phenoxy) is 2. The number of benzene rings is 2. The molecule has 0 saturated heterocycles. The molecule has 3 N–H and O–H groups in total. The van der Waals surface area contributed by atoms with E-state index in [1.807, 2.05) is 56.3 Å². The molecule has 0 fully saturated rings. The van der Waals surface area contributed by atoms with E-state index < -0.39 is 0 Å². The predicted molar refractivity (Wildman–Crippen MR) is 100 cm³/mol. The second-order valence-corrected chi connectivity index (χ2v) is 5.67. The first-order valence-corrected chi connectivity index (χ1v) is 8.62. The van der Waals surface area contributed by atoms with Crippen molar-refractivity contribution in [3.8, 4) is 11.5 Å². The Bertz CT molecular complexity index is 701. The van der Waals surface area contributed by atoms with Crippen molar-refractivity contribution in [3.05, 3.63) is 53.6 Å². The Morgan fingerprint density at radius 2 is 1.76 bits per heavy atom. The van der Waals surface area contributed by atoms with Gasteiger partial charge in [0.15, 0.2) is 11.5 Å². The number of nitrogens with two attached hydrogens (primary N) is 1. The lowest BCUT2D eigenvalue weighted by Crippen LogP contribution is -2.27. The van der Waals surface area contributed by atoms with Gasteiger partial charge in [-0.05, 0) is 55.7 Å². The van der Waals surface area contributed by atoms with Gasteiger partial charge in [-0.1, -0.05) is 18.2 Å². The van der Waals surface area contributed by atoms with Gasteiger partial charge in [0.2, 0.25) is 5.91 Å². The van der Waals surface area contributed by atoms with Crippen LogP contribution in [0.5, 0.6) is 11.5 Å². The van der Waals surface area contributed by atoms with E-state index in [1.165, 1.54) is 0 Å². The summed E-state index contributed by atoms with van der Waals surface area (Å²) in [5.74, 6) is 1.48. The summed E-state index contributed by atoms with van der Waals surface area (Å²) in [7, 11) is 0. The summed E-state index contributed by atoms with van der Waals surface area (Å²) < 4.78 is 11.2. The summed E-state index contributed by atoms with van der Waals surface area (Å²) in [6.07, 6.45) is 1.06. The van der Waals surface area contributed by atoms with E-state index in [0.717, 1.165) is 29.0 Å². The van der Waals surface area contributed by atoms with Crippen LogP contribution in [0.4, 0.5) is 5.69 Å². The summed E-state index contributed by atoms with van der Waals surface area (Å²) in [4.78, 5) is 12.0. The molecule has 2 aromatic carbocycles. The minimum absolute atomic E-state index is 0.0124. The Morgan fingerprint density at radius 1 is 1.00 bits per heavy atom. The lowest BCUT2D eigenvalue weighted by molar-refractivity contribution is -0.120. The van der Waals surface area contributed by atoms with Crippen molar-refractivity contribution in [1.29, 1.82) is 0 Å². The van der Waals surface area contributed by atoms with Crippen LogP contribution in [-0.2, 0) is 17.6 Å². The fraction of sp³-hybridized carbons (Fsp3) is 0.350. The van der Waals surface area contributed by atoms with Crippen molar-refractivity contribution < 1.29 is 14.3 Å². The van der Waals surface area contributed by atoms with E-state index in [4.69, 9.17) is 15.2 Å². The highest BCUT2D eigenvalue weighted by Crippen LogP contribution is 2.28. The highest BCUT2D eigenvalue weighted by Gasteiger charge is 2.07. The molecule has 0 heterocycles. The van der Waals surface area contributed by atoms with Crippen molar-refractivity contribution in [1.82, 2.24) is 5.32 Å². The Morgan fingerprint density at radius 3 is 2.48 bits per heavy atom. The molecule has 134 valence electrons. The SMILES string of the molecule is CCOc1ccc(CCNC(=O)Cc2cccc(N)c2)cc1OCC. The molecule has 5 heteroatoms. The average molecular weight is 342 g/mol. The van der Waals surface area contributed by atoms with Crippen LogP contribution in [0.3, 0.4) is 0 Å². The van der Waals surface area contributed by atoms with Gasteiger partial charge in [0.1, 0.15) is 0 Å². The van der Waals surface area contributed by atoms with Gasteiger partial charge in [-0.2, -0.15) is 0 Å². The first-order valence-electron chi connectivity index (χ1n) is 8.62. The number of nitrogen functional groups attached to an aromatic ring is 1. The molecule has 25 heavy (non-hydrogen) atoms. The van der Waals surface area contributed by atoms with Crippen molar-refractivity contribution in [2.45, 2.75) is 26.7 Å². The molecule has 0 aromatic heterocycles. The molecule has 0 bridgehead atoms. The first kappa shape index (κ1) is 18.6. The summed E-state index contributed by atoms with van der Waals surface area (Å²) in [6.45, 7) is 5.64. The van der Waals surface area contributed by atoms with E-state index in [-0.39, 0.29) is 5.91 Å². The third-order valence-electron chi connectivity index (χ3n) is 3.66. The molecule has 1 amide bonds. The molecule has 2 aromatic rings. The van der Waals surface area contributed by atoms with E-state index in [9.17, 15) is 4.79 Å². The fourth-order valence-electron chi connectivity index (χ4n) is 2.55. The maximum Gasteiger partial charge on any atom is 0.224 e. The van der Waals surface area contributed by atoms with Gasteiger partial charge in [0, 0.05) is 12.2 Å². The van der Waals surface area contributed by atoms with Crippen LogP contribution >= 0.6 is 0 Å². The van der Waals surface area contributed by atoms with Crippen LogP contribution in [0.15, 0.2) is 42.5 Å². The van der Waals surface area contributed by atoms with E-state index in [2.05, 4.69) is 5.32 Å². The maximum atomic E-state index is 12.0. The molecule has 0 radical (unpaired) electrons. The summed E-state index contributed by atoms with van der Waals surface area (Å²) >= 11 is 0. The monoisotopic (exact) mass is 342 g/mol. The zero-order valence-electron chi connectivity index (χ0n) is 14.9. The van der Waals surface area contributed by atoms with Gasteiger partial charge in [0.25, 0.3) is 0 Å². The number of amides is 1. The minimum Gasteiger partial charge on any atom is -0.490 e. The van der Waals surface area contributed by atoms with Gasteiger partial charge in [-0.3, -0.25) is 4.79 Å². The van der Waals surface area contributed by atoms with Crippen molar-refractivity contribution in [2.24, 2.45) is 0 Å². The highest BCUT2D eigenvalue weighted by molar-refractivity contribution is 5.78. The Hall–Kier alpha value is -2.69. The lowest BCUT2D eigenvalue weighted by Gasteiger charge is -2.12. The van der Waals surface area contributed by atoms with Crippen LogP contribution in [0.1, 0.15) is 25.0 Å². The van der Waals surface area contributed by atoms with E-state index >= 15 is 0 Å². The second-order valence-electron chi connectivity index (χ2n) is 5.67. The molecule has 0 atom stereocenters. The van der Waals surface area contributed by atoms with E-state index in [0.29, 0.717) is 31.9 Å². The smallest absolute Gasteiger partial charge is 0.224 e. The van der Waals surface area contributed by atoms with Gasteiger partial charge in [-0.15, -0.1) is 0 Å². The number of nitrogens with one attached hydrogen (secondary N) is 1. The molecule has 0 aliphatic carbocycles. The third-order valence-corrected chi connectivity index (χ3v) is 3.66. The molecule has 2 rings (SSSR count). The minimum atomic E-state index is -0.0124. The molecule has 0 unspecified atom stereocenters. The fourth-order valence-corrected chi connectivity index (χ4v) is 2.55. The standard InChI is InChI=1S/C20H26N2O3/c1-3-24-18-9-8-15(13-19(18)25-4-2)10-11-22-20(23)14-16-6-5-7-17(21)12-16/h5-9,12-13H,3-4,10-11,14,21H2,1-2H3,(H,22,23). The number of rotatable bonds is 9. The maximum absolute atomic E-state index is 12.0. The average Bonchev–Trinajstić information content (AvgIpc) is 2.57.